The van der Waals surface area contributed by atoms with Gasteiger partial charge in [0.2, 0.25) is 5.91 Å². The molecule has 98 valence electrons. The van der Waals surface area contributed by atoms with Crippen molar-refractivity contribution in [2.75, 3.05) is 32.6 Å². The van der Waals surface area contributed by atoms with Crippen LogP contribution in [0.1, 0.15) is 6.42 Å². The van der Waals surface area contributed by atoms with E-state index in [2.05, 4.69) is 10.6 Å². The maximum atomic E-state index is 12.0. The first-order chi connectivity index (χ1) is 8.74. The van der Waals surface area contributed by atoms with Crippen LogP contribution < -0.4 is 20.1 Å². The zero-order valence-corrected chi connectivity index (χ0v) is 10.7. The lowest BCUT2D eigenvalue weighted by Gasteiger charge is -2.14. The lowest BCUT2D eigenvalue weighted by atomic mass is 10.1. The van der Waals surface area contributed by atoms with Crippen molar-refractivity contribution in [1.29, 1.82) is 0 Å². The first-order valence-corrected chi connectivity index (χ1v) is 5.98. The number of hydrogen-bond donors (Lipinski definition) is 2. The highest BCUT2D eigenvalue weighted by molar-refractivity contribution is 5.94. The van der Waals surface area contributed by atoms with Crippen molar-refractivity contribution in [3.8, 4) is 11.5 Å². The number of rotatable bonds is 4. The number of carbonyl (C=O) groups excluding carboxylic acids is 1. The molecule has 0 aliphatic carbocycles. The Morgan fingerprint density at radius 2 is 2.22 bits per heavy atom. The predicted molar refractivity (Wildman–Crippen MR) is 69.2 cm³/mol. The van der Waals surface area contributed by atoms with Gasteiger partial charge in [-0.2, -0.15) is 0 Å². The summed E-state index contributed by atoms with van der Waals surface area (Å²) in [7, 11) is 3.17. The summed E-state index contributed by atoms with van der Waals surface area (Å²) in [4.78, 5) is 12.0. The molecule has 0 aromatic heterocycles. The van der Waals surface area contributed by atoms with E-state index < -0.39 is 0 Å². The molecule has 0 bridgehead atoms. The summed E-state index contributed by atoms with van der Waals surface area (Å²) in [5.41, 5.74) is 0.647. The second kappa shape index (κ2) is 5.73. The number of carbonyl (C=O) groups is 1. The molecule has 5 heteroatoms. The molecular weight excluding hydrogens is 232 g/mol. The molecule has 2 rings (SSSR count). The van der Waals surface area contributed by atoms with Crippen molar-refractivity contribution >= 4 is 11.6 Å². The molecule has 0 spiro atoms. The Morgan fingerprint density at radius 3 is 2.83 bits per heavy atom. The molecule has 1 aliphatic rings. The maximum Gasteiger partial charge on any atom is 0.228 e. The fourth-order valence-corrected chi connectivity index (χ4v) is 2.02. The van der Waals surface area contributed by atoms with Gasteiger partial charge in [0.05, 0.1) is 25.8 Å². The zero-order valence-electron chi connectivity index (χ0n) is 10.7. The van der Waals surface area contributed by atoms with E-state index in [-0.39, 0.29) is 11.8 Å². The summed E-state index contributed by atoms with van der Waals surface area (Å²) in [6.45, 7) is 1.63. The Morgan fingerprint density at radius 1 is 1.39 bits per heavy atom. The Kier molecular flexibility index (Phi) is 4.04. The van der Waals surface area contributed by atoms with E-state index in [1.807, 2.05) is 0 Å². The summed E-state index contributed by atoms with van der Waals surface area (Å²) in [6, 6.07) is 5.34. The molecule has 18 heavy (non-hydrogen) atoms. The third kappa shape index (κ3) is 2.73. The van der Waals surface area contributed by atoms with Crippen LogP contribution in [0, 0.1) is 5.92 Å². The molecule has 0 radical (unpaired) electrons. The average Bonchev–Trinajstić information content (AvgIpc) is 2.92. The number of ether oxygens (including phenoxy) is 2. The largest absolute Gasteiger partial charge is 0.497 e. The summed E-state index contributed by atoms with van der Waals surface area (Å²) in [6.07, 6.45) is 0.873. The van der Waals surface area contributed by atoms with Crippen molar-refractivity contribution in [1.82, 2.24) is 5.32 Å². The number of anilines is 1. The van der Waals surface area contributed by atoms with Crippen molar-refractivity contribution in [2.24, 2.45) is 5.92 Å². The van der Waals surface area contributed by atoms with Gasteiger partial charge < -0.3 is 20.1 Å². The van der Waals surface area contributed by atoms with Crippen LogP contribution in [0.3, 0.4) is 0 Å². The first kappa shape index (κ1) is 12.7. The van der Waals surface area contributed by atoms with Crippen molar-refractivity contribution in [2.45, 2.75) is 6.42 Å². The molecule has 0 saturated carbocycles. The van der Waals surface area contributed by atoms with Crippen molar-refractivity contribution in [3.63, 3.8) is 0 Å². The van der Waals surface area contributed by atoms with Gasteiger partial charge in [-0.15, -0.1) is 0 Å². The number of hydrogen-bond acceptors (Lipinski definition) is 4. The first-order valence-electron chi connectivity index (χ1n) is 5.98. The summed E-state index contributed by atoms with van der Waals surface area (Å²) in [5.74, 6) is 1.37. The van der Waals surface area contributed by atoms with Crippen LogP contribution in [0.2, 0.25) is 0 Å². The topological polar surface area (TPSA) is 59.6 Å². The molecule has 1 amide bonds. The Hall–Kier alpha value is -1.75. The zero-order chi connectivity index (χ0) is 13.0. The molecule has 1 heterocycles. The average molecular weight is 250 g/mol. The molecule has 1 fully saturated rings. The Balaban J connectivity index is 2.13. The third-order valence-electron chi connectivity index (χ3n) is 3.10. The fraction of sp³-hybridized carbons (Fsp3) is 0.462. The van der Waals surface area contributed by atoms with E-state index in [1.54, 1.807) is 32.4 Å². The van der Waals surface area contributed by atoms with E-state index >= 15 is 0 Å². The Bertz CT molecular complexity index is 428. The molecule has 1 saturated heterocycles. The lowest BCUT2D eigenvalue weighted by molar-refractivity contribution is -0.119. The van der Waals surface area contributed by atoms with Crippen LogP contribution in [0.25, 0.3) is 0 Å². The van der Waals surface area contributed by atoms with E-state index in [0.29, 0.717) is 17.2 Å². The Labute approximate surface area is 106 Å². The highest BCUT2D eigenvalue weighted by Crippen LogP contribution is 2.29. The van der Waals surface area contributed by atoms with Crippen LogP contribution in [0.15, 0.2) is 18.2 Å². The van der Waals surface area contributed by atoms with Gasteiger partial charge in [-0.05, 0) is 25.1 Å². The standard InChI is InChI=1S/C13H18N2O3/c1-17-10-3-4-12(18-2)11(7-10)15-13(16)9-5-6-14-8-9/h3-4,7,9,14H,5-6,8H2,1-2H3,(H,15,16). The smallest absolute Gasteiger partial charge is 0.228 e. The molecular formula is C13H18N2O3. The van der Waals surface area contributed by atoms with Crippen molar-refractivity contribution in [3.05, 3.63) is 18.2 Å². The number of amides is 1. The second-order valence-electron chi connectivity index (χ2n) is 4.25. The number of benzene rings is 1. The molecule has 1 aliphatic heterocycles. The minimum absolute atomic E-state index is 0.0200. The quantitative estimate of drug-likeness (QED) is 0.844. The predicted octanol–water partition coefficient (Wildman–Crippen LogP) is 1.25. The monoisotopic (exact) mass is 250 g/mol. The maximum absolute atomic E-state index is 12.0. The highest BCUT2D eigenvalue weighted by Gasteiger charge is 2.23. The van der Waals surface area contributed by atoms with Gasteiger partial charge in [0.1, 0.15) is 11.5 Å². The minimum Gasteiger partial charge on any atom is -0.497 e. The molecule has 1 aromatic carbocycles. The summed E-state index contributed by atoms with van der Waals surface area (Å²) in [5, 5.41) is 6.07. The van der Waals surface area contributed by atoms with Gasteiger partial charge in [-0.25, -0.2) is 0 Å². The van der Waals surface area contributed by atoms with E-state index in [4.69, 9.17) is 9.47 Å². The van der Waals surface area contributed by atoms with Gasteiger partial charge >= 0.3 is 0 Å². The van der Waals surface area contributed by atoms with Crippen LogP contribution in [0.5, 0.6) is 11.5 Å². The van der Waals surface area contributed by atoms with Crippen LogP contribution in [-0.4, -0.2) is 33.2 Å². The summed E-state index contributed by atoms with van der Waals surface area (Å²) >= 11 is 0. The lowest BCUT2D eigenvalue weighted by Crippen LogP contribution is -2.24. The van der Waals surface area contributed by atoms with E-state index in [1.165, 1.54) is 0 Å². The number of nitrogens with one attached hydrogen (secondary N) is 2. The summed E-state index contributed by atoms with van der Waals surface area (Å²) < 4.78 is 10.4. The van der Waals surface area contributed by atoms with Crippen LogP contribution in [0.4, 0.5) is 5.69 Å². The molecule has 1 aromatic rings. The molecule has 2 N–H and O–H groups in total. The van der Waals surface area contributed by atoms with Crippen LogP contribution >= 0.6 is 0 Å². The van der Waals surface area contributed by atoms with Gasteiger partial charge in [-0.1, -0.05) is 0 Å². The van der Waals surface area contributed by atoms with Gasteiger partial charge in [0.25, 0.3) is 0 Å². The van der Waals surface area contributed by atoms with E-state index in [0.717, 1.165) is 19.5 Å². The minimum atomic E-state index is 0.0200. The normalized spacial score (nSPS) is 18.4. The SMILES string of the molecule is COc1ccc(OC)c(NC(=O)C2CCNC2)c1. The molecule has 1 atom stereocenters. The second-order valence-corrected chi connectivity index (χ2v) is 4.25. The third-order valence-corrected chi connectivity index (χ3v) is 3.10. The van der Waals surface area contributed by atoms with Crippen LogP contribution in [-0.2, 0) is 4.79 Å². The highest BCUT2D eigenvalue weighted by atomic mass is 16.5. The number of methoxy groups -OCH3 is 2. The fourth-order valence-electron chi connectivity index (χ4n) is 2.02. The van der Waals surface area contributed by atoms with Gasteiger partial charge in [-0.3, -0.25) is 4.79 Å². The molecule has 5 nitrogen and oxygen atoms in total. The van der Waals surface area contributed by atoms with Gasteiger partial charge in [0.15, 0.2) is 0 Å². The van der Waals surface area contributed by atoms with Crippen molar-refractivity contribution < 1.29 is 14.3 Å². The van der Waals surface area contributed by atoms with E-state index in [9.17, 15) is 4.79 Å². The van der Waals surface area contributed by atoms with Gasteiger partial charge in [0, 0.05) is 12.6 Å². The molecule has 1 unspecified atom stereocenters.